The van der Waals surface area contributed by atoms with Crippen molar-refractivity contribution in [2.45, 2.75) is 12.7 Å². The van der Waals surface area contributed by atoms with Gasteiger partial charge in [-0.1, -0.05) is 23.2 Å². The molecule has 0 saturated carbocycles. The number of anilines is 1. The Morgan fingerprint density at radius 1 is 1.30 bits per heavy atom. The molecule has 0 unspecified atom stereocenters. The molecule has 0 aliphatic heterocycles. The monoisotopic (exact) mass is 342 g/mol. The van der Waals surface area contributed by atoms with Crippen LogP contribution in [0.1, 0.15) is 10.4 Å². The summed E-state index contributed by atoms with van der Waals surface area (Å²) in [6, 6.07) is 1.47. The van der Waals surface area contributed by atoms with E-state index in [4.69, 9.17) is 23.2 Å². The van der Waals surface area contributed by atoms with E-state index in [0.717, 1.165) is 6.07 Å². The fraction of sp³-hybridized carbons (Fsp3) is 0.182. The predicted octanol–water partition coefficient (Wildman–Crippen LogP) is 4.79. The van der Waals surface area contributed by atoms with Crippen molar-refractivity contribution in [3.05, 3.63) is 38.3 Å². The summed E-state index contributed by atoms with van der Waals surface area (Å²) >= 11 is 12.4. The molecule has 9 heteroatoms. The number of halogens is 5. The summed E-state index contributed by atoms with van der Waals surface area (Å²) in [5, 5.41) is 12.0. The third-order valence-electron chi connectivity index (χ3n) is 2.37. The van der Waals surface area contributed by atoms with E-state index >= 15 is 0 Å². The maximum Gasteiger partial charge on any atom is 0.416 e. The number of phenolic OH excluding ortho intramolecular Hbond substituents is 1. The number of thiazole rings is 1. The number of rotatable bonds is 3. The molecule has 20 heavy (non-hydrogen) atoms. The van der Waals surface area contributed by atoms with Crippen LogP contribution >= 0.6 is 34.5 Å². The highest BCUT2D eigenvalue weighted by atomic mass is 35.5. The lowest BCUT2D eigenvalue weighted by atomic mass is 10.1. The normalized spacial score (nSPS) is 11.7. The van der Waals surface area contributed by atoms with Gasteiger partial charge >= 0.3 is 6.18 Å². The summed E-state index contributed by atoms with van der Waals surface area (Å²) in [4.78, 5) is 4.51. The minimum absolute atomic E-state index is 0.102. The lowest BCUT2D eigenvalue weighted by Crippen LogP contribution is -2.07. The number of alkyl halides is 3. The van der Waals surface area contributed by atoms with Crippen LogP contribution in [0.2, 0.25) is 9.49 Å². The van der Waals surface area contributed by atoms with Crippen molar-refractivity contribution in [2.24, 2.45) is 0 Å². The van der Waals surface area contributed by atoms with Gasteiger partial charge in [-0.2, -0.15) is 13.2 Å². The van der Waals surface area contributed by atoms with Crippen LogP contribution in [-0.4, -0.2) is 10.1 Å². The Balaban J connectivity index is 2.24. The smallest absolute Gasteiger partial charge is 0.416 e. The molecule has 0 aliphatic rings. The maximum atomic E-state index is 12.7. The fourth-order valence-electron chi connectivity index (χ4n) is 1.45. The summed E-state index contributed by atoms with van der Waals surface area (Å²) in [7, 11) is 0. The number of nitrogens with zero attached hydrogens (tertiary/aromatic N) is 1. The molecule has 0 atom stereocenters. The molecule has 0 saturated heterocycles. The Bertz CT molecular complexity index is 631. The van der Waals surface area contributed by atoms with E-state index in [0.29, 0.717) is 15.4 Å². The highest BCUT2D eigenvalue weighted by Gasteiger charge is 2.32. The number of hydrogen-bond acceptors (Lipinski definition) is 4. The standard InChI is InChI=1S/C11H7Cl2F3N2OS/c12-7-1-5(11(14,15)16)2-8(9(7)19)17-3-6-4-18-10(13)20-6/h1-2,4,17,19H,3H2. The van der Waals surface area contributed by atoms with Crippen molar-refractivity contribution in [3.63, 3.8) is 0 Å². The molecule has 0 fully saturated rings. The predicted molar refractivity (Wildman–Crippen MR) is 72.6 cm³/mol. The van der Waals surface area contributed by atoms with Gasteiger partial charge in [-0.3, -0.25) is 0 Å². The first-order chi connectivity index (χ1) is 9.27. The largest absolute Gasteiger partial charge is 0.504 e. The van der Waals surface area contributed by atoms with Crippen molar-refractivity contribution >= 4 is 40.2 Å². The van der Waals surface area contributed by atoms with Crippen molar-refractivity contribution in [2.75, 3.05) is 5.32 Å². The van der Waals surface area contributed by atoms with Crippen LogP contribution in [0.3, 0.4) is 0 Å². The van der Waals surface area contributed by atoms with Crippen LogP contribution < -0.4 is 5.32 Å². The van der Waals surface area contributed by atoms with E-state index < -0.39 is 17.5 Å². The van der Waals surface area contributed by atoms with E-state index in [1.54, 1.807) is 0 Å². The Kier molecular flexibility index (Phi) is 4.31. The molecule has 2 N–H and O–H groups in total. The van der Waals surface area contributed by atoms with Gasteiger partial charge in [0, 0.05) is 11.1 Å². The van der Waals surface area contributed by atoms with Crippen molar-refractivity contribution in [1.82, 2.24) is 4.98 Å². The average molecular weight is 343 g/mol. The molecular weight excluding hydrogens is 336 g/mol. The molecule has 2 aromatic rings. The number of aromatic nitrogens is 1. The van der Waals surface area contributed by atoms with Gasteiger partial charge in [-0.15, -0.1) is 11.3 Å². The van der Waals surface area contributed by atoms with Crippen LogP contribution in [0.5, 0.6) is 5.75 Å². The molecule has 0 bridgehead atoms. The van der Waals surface area contributed by atoms with Crippen LogP contribution in [0.15, 0.2) is 18.3 Å². The first-order valence-electron chi connectivity index (χ1n) is 5.21. The summed E-state index contributed by atoms with van der Waals surface area (Å²) in [5.74, 6) is -0.435. The van der Waals surface area contributed by atoms with Crippen molar-refractivity contribution < 1.29 is 18.3 Å². The van der Waals surface area contributed by atoms with E-state index in [2.05, 4.69) is 10.3 Å². The van der Waals surface area contributed by atoms with Gasteiger partial charge in [0.25, 0.3) is 0 Å². The van der Waals surface area contributed by atoms with Gasteiger partial charge in [0.15, 0.2) is 10.2 Å². The first-order valence-corrected chi connectivity index (χ1v) is 6.78. The minimum Gasteiger partial charge on any atom is -0.504 e. The number of nitrogens with one attached hydrogen (secondary N) is 1. The highest BCUT2D eigenvalue weighted by Crippen LogP contribution is 2.39. The number of aromatic hydroxyl groups is 1. The van der Waals surface area contributed by atoms with Gasteiger partial charge < -0.3 is 10.4 Å². The summed E-state index contributed by atoms with van der Waals surface area (Å²) in [6.45, 7) is 0.176. The molecular formula is C11H7Cl2F3N2OS. The molecule has 1 aromatic carbocycles. The molecule has 3 nitrogen and oxygen atoms in total. The van der Waals surface area contributed by atoms with Gasteiger partial charge in [0.05, 0.1) is 22.8 Å². The lowest BCUT2D eigenvalue weighted by Gasteiger charge is -2.13. The van der Waals surface area contributed by atoms with Crippen molar-refractivity contribution in [1.29, 1.82) is 0 Å². The molecule has 0 aliphatic carbocycles. The Morgan fingerprint density at radius 2 is 2.00 bits per heavy atom. The van der Waals surface area contributed by atoms with Crippen LogP contribution in [0.4, 0.5) is 18.9 Å². The van der Waals surface area contributed by atoms with Crippen LogP contribution in [0.25, 0.3) is 0 Å². The maximum absolute atomic E-state index is 12.7. The number of benzene rings is 1. The van der Waals surface area contributed by atoms with Gasteiger partial charge in [0.2, 0.25) is 0 Å². The summed E-state index contributed by atoms with van der Waals surface area (Å²) < 4.78 is 38.3. The number of hydrogen-bond donors (Lipinski definition) is 2. The quantitative estimate of drug-likeness (QED) is 0.788. The molecule has 108 valence electrons. The first kappa shape index (κ1) is 15.2. The second-order valence-electron chi connectivity index (χ2n) is 3.79. The summed E-state index contributed by atoms with van der Waals surface area (Å²) in [6.07, 6.45) is -3.05. The molecule has 0 spiro atoms. The third kappa shape index (κ3) is 3.47. The third-order valence-corrected chi connectivity index (χ3v) is 3.77. The van der Waals surface area contributed by atoms with Gasteiger partial charge in [0.1, 0.15) is 0 Å². The van der Waals surface area contributed by atoms with Crippen molar-refractivity contribution in [3.8, 4) is 5.75 Å². The Morgan fingerprint density at radius 3 is 2.55 bits per heavy atom. The van der Waals surface area contributed by atoms with E-state index in [1.807, 2.05) is 0 Å². The van der Waals surface area contributed by atoms with E-state index in [9.17, 15) is 18.3 Å². The molecule has 0 radical (unpaired) electrons. The van der Waals surface area contributed by atoms with Crippen LogP contribution in [0, 0.1) is 0 Å². The molecule has 2 rings (SSSR count). The zero-order valence-corrected chi connectivity index (χ0v) is 12.0. The molecule has 1 aromatic heterocycles. The second-order valence-corrected chi connectivity index (χ2v) is 5.89. The number of phenols is 1. The SMILES string of the molecule is Oc1c(Cl)cc(C(F)(F)F)cc1NCc1cnc(Cl)s1. The molecule has 0 amide bonds. The van der Waals surface area contributed by atoms with Crippen LogP contribution in [-0.2, 0) is 12.7 Å². The average Bonchev–Trinajstić information content (AvgIpc) is 2.75. The second kappa shape index (κ2) is 5.67. The lowest BCUT2D eigenvalue weighted by molar-refractivity contribution is -0.137. The zero-order chi connectivity index (χ0) is 14.9. The van der Waals surface area contributed by atoms with Gasteiger partial charge in [-0.25, -0.2) is 4.98 Å². The highest BCUT2D eigenvalue weighted by molar-refractivity contribution is 7.15. The Labute approximate surface area is 126 Å². The van der Waals surface area contributed by atoms with Gasteiger partial charge in [-0.05, 0) is 12.1 Å². The Hall–Kier alpha value is -1.18. The topological polar surface area (TPSA) is 45.1 Å². The molecule has 1 heterocycles. The fourth-order valence-corrected chi connectivity index (χ4v) is 2.58. The minimum atomic E-state index is -4.54. The van der Waals surface area contributed by atoms with E-state index in [1.165, 1.54) is 17.5 Å². The summed E-state index contributed by atoms with van der Waals surface area (Å²) in [5.41, 5.74) is -1.04. The van der Waals surface area contributed by atoms with E-state index in [-0.39, 0.29) is 17.3 Å². The zero-order valence-electron chi connectivity index (χ0n) is 9.63.